The van der Waals surface area contributed by atoms with Crippen molar-refractivity contribution in [3.8, 4) is 0 Å². The Morgan fingerprint density at radius 1 is 1.67 bits per heavy atom. The number of aromatic nitrogens is 1. The average Bonchev–Trinajstić information content (AvgIpc) is 2.27. The number of nitrogens with one attached hydrogen (secondary N) is 1. The molecular weight excluding hydrogens is 214 g/mol. The Morgan fingerprint density at radius 3 is 3.00 bits per heavy atom. The molecule has 84 valence electrons. The molecule has 1 heterocycles. The highest BCUT2D eigenvalue weighted by Gasteiger charge is 2.07. The summed E-state index contributed by atoms with van der Waals surface area (Å²) in [5, 5.41) is 3.70. The molecular formula is C10H16ClN3O. The van der Waals surface area contributed by atoms with Gasteiger partial charge in [-0.2, -0.15) is 0 Å². The van der Waals surface area contributed by atoms with E-state index in [1.807, 2.05) is 13.0 Å². The number of rotatable bonds is 5. The van der Waals surface area contributed by atoms with Gasteiger partial charge in [-0.25, -0.2) is 4.98 Å². The fourth-order valence-corrected chi connectivity index (χ4v) is 1.34. The zero-order valence-electron chi connectivity index (χ0n) is 8.96. The number of halogens is 1. The van der Waals surface area contributed by atoms with Crippen molar-refractivity contribution >= 4 is 17.4 Å². The van der Waals surface area contributed by atoms with Crippen molar-refractivity contribution in [1.29, 1.82) is 0 Å². The quantitative estimate of drug-likeness (QED) is 0.806. The maximum Gasteiger partial charge on any atom is 0.145 e. The molecule has 0 radical (unpaired) electrons. The smallest absolute Gasteiger partial charge is 0.145 e. The third kappa shape index (κ3) is 3.34. The molecule has 0 aliphatic carbocycles. The van der Waals surface area contributed by atoms with Crippen LogP contribution in [0, 0.1) is 0 Å². The van der Waals surface area contributed by atoms with Crippen LogP contribution in [-0.2, 0) is 11.3 Å². The topological polar surface area (TPSA) is 60.2 Å². The molecule has 0 fully saturated rings. The first-order chi connectivity index (χ1) is 7.19. The molecule has 0 spiro atoms. The average molecular weight is 230 g/mol. The van der Waals surface area contributed by atoms with Crippen LogP contribution in [0.1, 0.15) is 12.5 Å². The summed E-state index contributed by atoms with van der Waals surface area (Å²) in [6.45, 7) is 3.04. The van der Waals surface area contributed by atoms with Gasteiger partial charge in [0, 0.05) is 26.4 Å². The van der Waals surface area contributed by atoms with Gasteiger partial charge in [-0.05, 0) is 18.6 Å². The first kappa shape index (κ1) is 12.2. The van der Waals surface area contributed by atoms with E-state index in [1.54, 1.807) is 13.3 Å². The lowest BCUT2D eigenvalue weighted by Gasteiger charge is -2.13. The molecule has 3 N–H and O–H groups in total. The van der Waals surface area contributed by atoms with Gasteiger partial charge in [0.15, 0.2) is 0 Å². The van der Waals surface area contributed by atoms with E-state index in [4.69, 9.17) is 22.1 Å². The summed E-state index contributed by atoms with van der Waals surface area (Å²) in [5.41, 5.74) is 6.43. The van der Waals surface area contributed by atoms with Crippen LogP contribution in [0.15, 0.2) is 12.3 Å². The van der Waals surface area contributed by atoms with Gasteiger partial charge in [0.1, 0.15) is 5.82 Å². The number of ether oxygens (including phenoxy) is 1. The molecule has 0 aromatic carbocycles. The number of nitrogens with zero attached hydrogens (tertiary/aromatic N) is 1. The van der Waals surface area contributed by atoms with Crippen LogP contribution in [0.4, 0.5) is 5.82 Å². The maximum atomic E-state index is 6.09. The van der Waals surface area contributed by atoms with Crippen LogP contribution in [0.2, 0.25) is 5.02 Å². The largest absolute Gasteiger partial charge is 0.380 e. The number of anilines is 1. The Morgan fingerprint density at radius 2 is 2.40 bits per heavy atom. The van der Waals surface area contributed by atoms with Crippen LogP contribution in [0.25, 0.3) is 0 Å². The van der Waals surface area contributed by atoms with E-state index >= 15 is 0 Å². The summed E-state index contributed by atoms with van der Waals surface area (Å²) in [5.74, 6) is 0.656. The highest BCUT2D eigenvalue weighted by molar-refractivity contribution is 6.33. The molecule has 1 atom stereocenters. The summed E-state index contributed by atoms with van der Waals surface area (Å²) in [4.78, 5) is 4.14. The van der Waals surface area contributed by atoms with Crippen molar-refractivity contribution in [1.82, 2.24) is 4.98 Å². The van der Waals surface area contributed by atoms with E-state index < -0.39 is 0 Å². The molecule has 0 amide bonds. The zero-order valence-corrected chi connectivity index (χ0v) is 9.71. The lowest BCUT2D eigenvalue weighted by Crippen LogP contribution is -2.19. The number of nitrogens with two attached hydrogens (primary N) is 1. The van der Waals surface area contributed by atoms with Crippen LogP contribution in [-0.4, -0.2) is 24.7 Å². The second-order valence-electron chi connectivity index (χ2n) is 3.26. The first-order valence-corrected chi connectivity index (χ1v) is 5.17. The van der Waals surface area contributed by atoms with E-state index in [1.165, 1.54) is 0 Å². The monoisotopic (exact) mass is 229 g/mol. The molecule has 1 rings (SSSR count). The fourth-order valence-electron chi connectivity index (χ4n) is 1.09. The molecule has 1 unspecified atom stereocenters. The molecule has 4 nitrogen and oxygen atoms in total. The molecule has 0 bridgehead atoms. The van der Waals surface area contributed by atoms with Crippen LogP contribution < -0.4 is 11.1 Å². The van der Waals surface area contributed by atoms with Gasteiger partial charge in [-0.1, -0.05) is 11.6 Å². The Bertz CT molecular complexity index is 320. The lowest BCUT2D eigenvalue weighted by atomic mass is 10.2. The van der Waals surface area contributed by atoms with E-state index in [2.05, 4.69) is 10.3 Å². The number of hydrogen-bond donors (Lipinski definition) is 2. The molecule has 0 saturated heterocycles. The minimum absolute atomic E-state index is 0.115. The van der Waals surface area contributed by atoms with Crippen molar-refractivity contribution in [2.75, 3.05) is 19.0 Å². The standard InChI is InChI=1S/C10H16ClN3O/c1-7(15-2)6-14-10-9(11)8(5-12)3-4-13-10/h3-4,7H,5-6,12H2,1-2H3,(H,13,14). The van der Waals surface area contributed by atoms with Gasteiger partial charge in [0.25, 0.3) is 0 Å². The first-order valence-electron chi connectivity index (χ1n) is 4.79. The SMILES string of the molecule is COC(C)CNc1nccc(CN)c1Cl. The molecule has 5 heteroatoms. The van der Waals surface area contributed by atoms with Gasteiger partial charge in [0.2, 0.25) is 0 Å². The Labute approximate surface area is 94.8 Å². The summed E-state index contributed by atoms with van der Waals surface area (Å²) in [6.07, 6.45) is 1.80. The third-order valence-corrected chi connectivity index (χ3v) is 2.57. The summed E-state index contributed by atoms with van der Waals surface area (Å²) >= 11 is 6.09. The number of pyridine rings is 1. The second kappa shape index (κ2) is 5.90. The van der Waals surface area contributed by atoms with Crippen molar-refractivity contribution in [3.63, 3.8) is 0 Å². The van der Waals surface area contributed by atoms with Gasteiger partial charge < -0.3 is 15.8 Å². The summed E-state index contributed by atoms with van der Waals surface area (Å²) < 4.78 is 5.11. The van der Waals surface area contributed by atoms with Crippen molar-refractivity contribution < 1.29 is 4.74 Å². The van der Waals surface area contributed by atoms with Crippen LogP contribution >= 0.6 is 11.6 Å². The second-order valence-corrected chi connectivity index (χ2v) is 3.64. The van der Waals surface area contributed by atoms with Crippen molar-refractivity contribution in [2.45, 2.75) is 19.6 Å². The van der Waals surface area contributed by atoms with E-state index in [9.17, 15) is 0 Å². The molecule has 0 aliphatic rings. The molecule has 0 aliphatic heterocycles. The summed E-state index contributed by atoms with van der Waals surface area (Å²) in [7, 11) is 1.66. The van der Waals surface area contributed by atoms with Gasteiger partial charge in [-0.3, -0.25) is 0 Å². The minimum atomic E-state index is 0.115. The van der Waals surface area contributed by atoms with E-state index in [-0.39, 0.29) is 6.10 Å². The predicted octanol–water partition coefficient (Wildman–Crippen LogP) is 1.64. The van der Waals surface area contributed by atoms with Gasteiger partial charge in [-0.15, -0.1) is 0 Å². The molecule has 1 aromatic heterocycles. The van der Waals surface area contributed by atoms with Crippen molar-refractivity contribution in [2.24, 2.45) is 5.73 Å². The Balaban J connectivity index is 2.68. The van der Waals surface area contributed by atoms with Gasteiger partial charge >= 0.3 is 0 Å². The fraction of sp³-hybridized carbons (Fsp3) is 0.500. The number of hydrogen-bond acceptors (Lipinski definition) is 4. The Hall–Kier alpha value is -0.840. The predicted molar refractivity (Wildman–Crippen MR) is 62.1 cm³/mol. The molecule has 0 saturated carbocycles. The van der Waals surface area contributed by atoms with E-state index in [0.717, 1.165) is 5.56 Å². The van der Waals surface area contributed by atoms with Crippen LogP contribution in [0.3, 0.4) is 0 Å². The third-order valence-electron chi connectivity index (χ3n) is 2.15. The minimum Gasteiger partial charge on any atom is -0.380 e. The summed E-state index contributed by atoms with van der Waals surface area (Å²) in [6, 6.07) is 1.81. The maximum absolute atomic E-state index is 6.09. The van der Waals surface area contributed by atoms with Crippen molar-refractivity contribution in [3.05, 3.63) is 22.8 Å². The van der Waals surface area contributed by atoms with Gasteiger partial charge in [0.05, 0.1) is 11.1 Å². The van der Waals surface area contributed by atoms with E-state index in [0.29, 0.717) is 23.9 Å². The molecule has 15 heavy (non-hydrogen) atoms. The Kier molecular flexibility index (Phi) is 4.81. The number of methoxy groups -OCH3 is 1. The highest BCUT2D eigenvalue weighted by Crippen LogP contribution is 2.22. The van der Waals surface area contributed by atoms with Crippen LogP contribution in [0.5, 0.6) is 0 Å². The lowest BCUT2D eigenvalue weighted by molar-refractivity contribution is 0.128. The zero-order chi connectivity index (χ0) is 11.3. The normalized spacial score (nSPS) is 12.5. The molecule has 1 aromatic rings. The highest BCUT2D eigenvalue weighted by atomic mass is 35.5.